The summed E-state index contributed by atoms with van der Waals surface area (Å²) in [5.74, 6) is -0.610. The van der Waals surface area contributed by atoms with Crippen LogP contribution in [0.4, 0.5) is 10.2 Å². The van der Waals surface area contributed by atoms with Gasteiger partial charge in [0, 0.05) is 30.6 Å². The van der Waals surface area contributed by atoms with Crippen LogP contribution in [-0.4, -0.2) is 55.3 Å². The SMILES string of the molecule is CC1(c2ccc(F)cc2C(=O)C2CCN(c3cc(-c4nnn(CC(=O)O)n4)on3)CC2)CC1. The number of tetrazole rings is 1. The van der Waals surface area contributed by atoms with E-state index in [4.69, 9.17) is 9.63 Å². The molecule has 2 aliphatic rings. The Morgan fingerprint density at radius 2 is 2.00 bits per heavy atom. The van der Waals surface area contributed by atoms with Gasteiger partial charge in [-0.05, 0) is 54.0 Å². The number of hydrogen-bond donors (Lipinski definition) is 1. The molecule has 1 aliphatic carbocycles. The molecule has 1 saturated heterocycles. The highest BCUT2D eigenvalue weighted by molar-refractivity contribution is 5.99. The summed E-state index contributed by atoms with van der Waals surface area (Å²) in [6, 6.07) is 6.27. The normalized spacial score (nSPS) is 17.8. The highest BCUT2D eigenvalue weighted by Crippen LogP contribution is 2.49. The summed E-state index contributed by atoms with van der Waals surface area (Å²) in [5.41, 5.74) is 1.46. The van der Waals surface area contributed by atoms with Gasteiger partial charge >= 0.3 is 5.97 Å². The molecule has 1 aromatic carbocycles. The molecule has 11 heteroatoms. The average molecular weight is 454 g/mol. The molecule has 2 fully saturated rings. The summed E-state index contributed by atoms with van der Waals surface area (Å²) >= 11 is 0. The van der Waals surface area contributed by atoms with Gasteiger partial charge in [-0.2, -0.15) is 4.80 Å². The molecule has 2 aromatic heterocycles. The Hall–Kier alpha value is -3.63. The van der Waals surface area contributed by atoms with Crippen molar-refractivity contribution < 1.29 is 23.6 Å². The summed E-state index contributed by atoms with van der Waals surface area (Å²) in [5, 5.41) is 24.3. The smallest absolute Gasteiger partial charge is 0.327 e. The van der Waals surface area contributed by atoms with Crippen molar-refractivity contribution in [2.75, 3.05) is 18.0 Å². The van der Waals surface area contributed by atoms with Gasteiger partial charge in [-0.15, -0.1) is 10.2 Å². The maximum Gasteiger partial charge on any atom is 0.327 e. The van der Waals surface area contributed by atoms with Crippen molar-refractivity contribution in [3.05, 3.63) is 41.2 Å². The van der Waals surface area contributed by atoms with Crippen molar-refractivity contribution >= 4 is 17.6 Å². The molecule has 0 radical (unpaired) electrons. The zero-order valence-corrected chi connectivity index (χ0v) is 18.1. The predicted molar refractivity (Wildman–Crippen MR) is 113 cm³/mol. The topological polar surface area (TPSA) is 127 Å². The number of carboxylic acid groups (broad SMARTS) is 1. The van der Waals surface area contributed by atoms with Crippen LogP contribution in [0.1, 0.15) is 48.5 Å². The highest BCUT2D eigenvalue weighted by Gasteiger charge is 2.42. The van der Waals surface area contributed by atoms with E-state index in [9.17, 15) is 14.0 Å². The number of aliphatic carboxylic acids is 1. The van der Waals surface area contributed by atoms with Gasteiger partial charge in [0.2, 0.25) is 11.6 Å². The van der Waals surface area contributed by atoms with E-state index in [-0.39, 0.29) is 34.5 Å². The minimum Gasteiger partial charge on any atom is -0.480 e. The van der Waals surface area contributed by atoms with Crippen LogP contribution >= 0.6 is 0 Å². The maximum atomic E-state index is 13.9. The zero-order valence-electron chi connectivity index (χ0n) is 18.1. The summed E-state index contributed by atoms with van der Waals surface area (Å²) in [6.45, 7) is 2.92. The van der Waals surface area contributed by atoms with Crippen LogP contribution < -0.4 is 4.90 Å². The van der Waals surface area contributed by atoms with Crippen molar-refractivity contribution in [2.45, 2.75) is 44.6 Å². The van der Waals surface area contributed by atoms with Crippen LogP contribution in [0, 0.1) is 11.7 Å². The summed E-state index contributed by atoms with van der Waals surface area (Å²) in [6.07, 6.45) is 3.29. The third-order valence-electron chi connectivity index (χ3n) is 6.53. The van der Waals surface area contributed by atoms with Crippen LogP contribution in [0.5, 0.6) is 0 Å². The van der Waals surface area contributed by atoms with E-state index in [0.717, 1.165) is 23.2 Å². The fraction of sp³-hybridized carbons (Fsp3) is 0.455. The number of aromatic nitrogens is 5. The number of benzene rings is 1. The van der Waals surface area contributed by atoms with E-state index in [1.807, 2.05) is 4.90 Å². The quantitative estimate of drug-likeness (QED) is 0.536. The molecule has 5 rings (SSSR count). The van der Waals surface area contributed by atoms with E-state index in [0.29, 0.717) is 37.3 Å². The van der Waals surface area contributed by atoms with Gasteiger partial charge in [-0.3, -0.25) is 9.59 Å². The monoisotopic (exact) mass is 454 g/mol. The molecule has 1 saturated carbocycles. The first-order valence-electron chi connectivity index (χ1n) is 10.9. The summed E-state index contributed by atoms with van der Waals surface area (Å²) in [4.78, 5) is 27.0. The molecule has 0 amide bonds. The lowest BCUT2D eigenvalue weighted by atomic mass is 9.83. The first-order valence-corrected chi connectivity index (χ1v) is 10.9. The molecule has 3 aromatic rings. The number of carbonyl (C=O) groups excluding carboxylic acids is 1. The van der Waals surface area contributed by atoms with Crippen LogP contribution in [0.2, 0.25) is 0 Å². The lowest BCUT2D eigenvalue weighted by molar-refractivity contribution is -0.138. The van der Waals surface area contributed by atoms with E-state index >= 15 is 0 Å². The van der Waals surface area contributed by atoms with E-state index in [2.05, 4.69) is 27.5 Å². The number of carbonyl (C=O) groups is 2. The van der Waals surface area contributed by atoms with Crippen molar-refractivity contribution in [1.29, 1.82) is 0 Å². The van der Waals surface area contributed by atoms with Gasteiger partial charge in [0.25, 0.3) is 0 Å². The molecule has 0 unspecified atom stereocenters. The molecule has 3 heterocycles. The molecular weight excluding hydrogens is 431 g/mol. The van der Waals surface area contributed by atoms with E-state index in [1.54, 1.807) is 12.1 Å². The number of halogens is 1. The molecule has 0 spiro atoms. The largest absolute Gasteiger partial charge is 0.480 e. The Morgan fingerprint density at radius 1 is 1.24 bits per heavy atom. The molecule has 10 nitrogen and oxygen atoms in total. The molecule has 0 atom stereocenters. The lowest BCUT2D eigenvalue weighted by Gasteiger charge is -2.31. The molecule has 1 aliphatic heterocycles. The second-order valence-electron chi connectivity index (χ2n) is 8.96. The predicted octanol–water partition coefficient (Wildman–Crippen LogP) is 2.70. The molecule has 172 valence electrons. The number of hydrogen-bond acceptors (Lipinski definition) is 8. The van der Waals surface area contributed by atoms with Gasteiger partial charge < -0.3 is 14.5 Å². The molecule has 33 heavy (non-hydrogen) atoms. The van der Waals surface area contributed by atoms with Crippen LogP contribution in [-0.2, 0) is 16.8 Å². The minimum absolute atomic E-state index is 0.0114. The second-order valence-corrected chi connectivity index (χ2v) is 8.96. The van der Waals surface area contributed by atoms with Gasteiger partial charge in [0.05, 0.1) is 0 Å². The standard InChI is InChI=1S/C22H23FN6O4/c1-22(6-7-22)16-3-2-14(23)10-15(16)20(32)13-4-8-28(9-5-13)18-11-17(33-26-18)21-24-27-29(25-21)12-19(30)31/h2-3,10-11,13H,4-9,12H2,1H3,(H,30,31). The van der Waals surface area contributed by atoms with Crippen molar-refractivity contribution in [2.24, 2.45) is 5.92 Å². The number of rotatable bonds is 7. The number of Topliss-reactive ketones (excluding diaryl/α,β-unsaturated/α-hetero) is 1. The molecular formula is C22H23FN6O4. The van der Waals surface area contributed by atoms with Crippen molar-refractivity contribution in [3.63, 3.8) is 0 Å². The van der Waals surface area contributed by atoms with Gasteiger partial charge in [-0.25, -0.2) is 4.39 Å². The summed E-state index contributed by atoms with van der Waals surface area (Å²) in [7, 11) is 0. The molecule has 1 N–H and O–H groups in total. The fourth-order valence-corrected chi connectivity index (χ4v) is 4.34. The first kappa shape index (κ1) is 21.2. The minimum atomic E-state index is -1.08. The van der Waals surface area contributed by atoms with Crippen molar-refractivity contribution in [1.82, 2.24) is 25.4 Å². The number of ketones is 1. The Morgan fingerprint density at radius 3 is 2.70 bits per heavy atom. The Labute approximate surface area is 188 Å². The lowest BCUT2D eigenvalue weighted by Crippen LogP contribution is -2.37. The van der Waals surface area contributed by atoms with Gasteiger partial charge in [0.1, 0.15) is 5.82 Å². The number of piperidine rings is 1. The van der Waals surface area contributed by atoms with Crippen LogP contribution in [0.15, 0.2) is 28.8 Å². The van der Waals surface area contributed by atoms with E-state index < -0.39 is 12.5 Å². The van der Waals surface area contributed by atoms with Gasteiger partial charge in [-0.1, -0.05) is 18.1 Å². The maximum absolute atomic E-state index is 13.9. The third kappa shape index (κ3) is 4.22. The average Bonchev–Trinajstić information content (AvgIpc) is 3.17. The Bertz CT molecular complexity index is 1210. The number of nitrogens with zero attached hydrogens (tertiary/aromatic N) is 6. The fourth-order valence-electron chi connectivity index (χ4n) is 4.34. The van der Waals surface area contributed by atoms with E-state index in [1.165, 1.54) is 12.1 Å². The summed E-state index contributed by atoms with van der Waals surface area (Å²) < 4.78 is 19.3. The Balaban J connectivity index is 1.25. The number of anilines is 1. The van der Waals surface area contributed by atoms with Gasteiger partial charge in [0.15, 0.2) is 18.1 Å². The van der Waals surface area contributed by atoms with Crippen LogP contribution in [0.25, 0.3) is 11.6 Å². The first-order chi connectivity index (χ1) is 15.8. The Kier molecular flexibility index (Phi) is 5.18. The van der Waals surface area contributed by atoms with Crippen LogP contribution in [0.3, 0.4) is 0 Å². The molecule has 0 bridgehead atoms. The zero-order chi connectivity index (χ0) is 23.2. The third-order valence-corrected chi connectivity index (χ3v) is 6.53. The van der Waals surface area contributed by atoms with Crippen molar-refractivity contribution in [3.8, 4) is 11.6 Å². The number of carboxylic acids is 1. The highest BCUT2D eigenvalue weighted by atomic mass is 19.1. The second kappa shape index (κ2) is 8.05.